The second kappa shape index (κ2) is 19.8. The number of carbonyl (C=O) groups excluding carboxylic acids is 3. The van der Waals surface area contributed by atoms with E-state index in [2.05, 4.69) is 22.0 Å². The van der Waals surface area contributed by atoms with Gasteiger partial charge in [0.05, 0.1) is 12.2 Å². The highest BCUT2D eigenvalue weighted by Gasteiger charge is 2.28. The van der Waals surface area contributed by atoms with Gasteiger partial charge in [-0.3, -0.25) is 19.9 Å². The summed E-state index contributed by atoms with van der Waals surface area (Å²) >= 11 is 0. The van der Waals surface area contributed by atoms with E-state index in [0.717, 1.165) is 62.0 Å². The number of unbranched alkanes of at least 4 members (excludes halogenated alkanes) is 2. The number of phenols is 1. The van der Waals surface area contributed by atoms with Crippen LogP contribution in [-0.2, 0) is 20.9 Å². The third kappa shape index (κ3) is 11.8. The molecular formula is C41H55N5O5. The van der Waals surface area contributed by atoms with Crippen molar-refractivity contribution in [2.45, 2.75) is 83.8 Å². The zero-order chi connectivity index (χ0) is 35.8. The number of likely N-dealkylation sites (tertiary alicyclic amines) is 2. The zero-order valence-corrected chi connectivity index (χ0v) is 30.2. The van der Waals surface area contributed by atoms with Crippen molar-refractivity contribution >= 4 is 23.6 Å². The molecule has 0 unspecified atom stereocenters. The van der Waals surface area contributed by atoms with Crippen molar-refractivity contribution in [3.8, 4) is 16.9 Å². The summed E-state index contributed by atoms with van der Waals surface area (Å²) in [5.41, 5.74) is 3.52. The Balaban J connectivity index is 1.14. The van der Waals surface area contributed by atoms with Gasteiger partial charge < -0.3 is 19.6 Å². The van der Waals surface area contributed by atoms with Gasteiger partial charge in [-0.1, -0.05) is 80.4 Å². The van der Waals surface area contributed by atoms with Crippen LogP contribution in [0.15, 0.2) is 78.9 Å². The van der Waals surface area contributed by atoms with Crippen molar-refractivity contribution in [1.29, 1.82) is 0 Å². The number of para-hydroxylation sites is 1. The molecule has 0 spiro atoms. The van der Waals surface area contributed by atoms with Gasteiger partial charge in [0.2, 0.25) is 11.8 Å². The molecule has 2 saturated heterocycles. The molecule has 0 aromatic heterocycles. The van der Waals surface area contributed by atoms with Crippen LogP contribution in [0.2, 0.25) is 0 Å². The van der Waals surface area contributed by atoms with Gasteiger partial charge >= 0.3 is 6.09 Å². The summed E-state index contributed by atoms with van der Waals surface area (Å²) in [6.45, 7) is 7.98. The average Bonchev–Trinajstić information content (AvgIpc) is 3.67. The van der Waals surface area contributed by atoms with Gasteiger partial charge in [0, 0.05) is 44.6 Å². The van der Waals surface area contributed by atoms with Gasteiger partial charge in [-0.15, -0.1) is 0 Å². The van der Waals surface area contributed by atoms with Crippen LogP contribution in [0, 0.1) is 0 Å². The van der Waals surface area contributed by atoms with Crippen LogP contribution in [0.4, 0.5) is 10.5 Å². The lowest BCUT2D eigenvalue weighted by Gasteiger charge is -2.36. The highest BCUT2D eigenvalue weighted by Crippen LogP contribution is 2.28. The predicted molar refractivity (Wildman–Crippen MR) is 201 cm³/mol. The Kier molecular flexibility index (Phi) is 14.7. The Bertz CT molecular complexity index is 1520. The molecule has 10 heteroatoms. The van der Waals surface area contributed by atoms with Gasteiger partial charge in [0.15, 0.2) is 0 Å². The van der Waals surface area contributed by atoms with Crippen LogP contribution in [0.25, 0.3) is 11.1 Å². The van der Waals surface area contributed by atoms with Crippen molar-refractivity contribution < 1.29 is 24.2 Å². The molecule has 51 heavy (non-hydrogen) atoms. The number of nitrogens with zero attached hydrogens (tertiary/aromatic N) is 4. The highest BCUT2D eigenvalue weighted by atomic mass is 16.6. The fraction of sp³-hybridized carbons (Fsp3) is 0.488. The number of amides is 3. The molecule has 5 rings (SSSR count). The smallest absolute Gasteiger partial charge is 0.411 e. The van der Waals surface area contributed by atoms with Gasteiger partial charge in [-0.05, 0) is 87.5 Å². The van der Waals surface area contributed by atoms with E-state index in [1.807, 2.05) is 66.7 Å². The van der Waals surface area contributed by atoms with Crippen molar-refractivity contribution in [3.63, 3.8) is 0 Å². The molecule has 0 saturated carbocycles. The fourth-order valence-corrected chi connectivity index (χ4v) is 6.95. The topological polar surface area (TPSA) is 106 Å². The van der Waals surface area contributed by atoms with Crippen molar-refractivity contribution in [1.82, 2.24) is 19.8 Å². The lowest BCUT2D eigenvalue weighted by Crippen LogP contribution is -2.50. The van der Waals surface area contributed by atoms with E-state index in [4.69, 9.17) is 4.74 Å². The Morgan fingerprint density at radius 2 is 1.43 bits per heavy atom. The molecule has 3 amide bonds. The van der Waals surface area contributed by atoms with E-state index in [0.29, 0.717) is 57.5 Å². The third-order valence-electron chi connectivity index (χ3n) is 9.87. The summed E-state index contributed by atoms with van der Waals surface area (Å²) in [6.07, 6.45) is 7.36. The largest absolute Gasteiger partial charge is 0.508 e. The van der Waals surface area contributed by atoms with Gasteiger partial charge in [-0.2, -0.15) is 0 Å². The third-order valence-corrected chi connectivity index (χ3v) is 9.87. The Morgan fingerprint density at radius 1 is 0.765 bits per heavy atom. The van der Waals surface area contributed by atoms with Gasteiger partial charge in [0.1, 0.15) is 11.9 Å². The molecule has 2 aliphatic heterocycles. The second-order valence-electron chi connectivity index (χ2n) is 13.7. The molecule has 0 aliphatic carbocycles. The molecule has 274 valence electrons. The number of aromatic hydroxyl groups is 1. The van der Waals surface area contributed by atoms with E-state index in [9.17, 15) is 19.5 Å². The molecule has 2 N–H and O–H groups in total. The van der Waals surface area contributed by atoms with E-state index < -0.39 is 6.09 Å². The second-order valence-corrected chi connectivity index (χ2v) is 13.7. The first-order valence-electron chi connectivity index (χ1n) is 18.8. The number of carbonyl (C=O) groups is 3. The van der Waals surface area contributed by atoms with Crippen LogP contribution >= 0.6 is 0 Å². The number of benzene rings is 3. The number of hydrazine groups is 1. The van der Waals surface area contributed by atoms with E-state index >= 15 is 0 Å². The first-order chi connectivity index (χ1) is 24.9. The van der Waals surface area contributed by atoms with Crippen molar-refractivity contribution in [2.75, 3.05) is 51.1 Å². The first kappa shape index (κ1) is 37.8. The van der Waals surface area contributed by atoms with E-state index in [-0.39, 0.29) is 30.2 Å². The normalized spacial score (nSPS) is 15.4. The van der Waals surface area contributed by atoms with Crippen LogP contribution in [0.5, 0.6) is 5.75 Å². The maximum atomic E-state index is 13.9. The molecule has 3 aromatic rings. The summed E-state index contributed by atoms with van der Waals surface area (Å²) in [6, 6.07) is 24.5. The number of hydrogen-bond acceptors (Lipinski definition) is 7. The van der Waals surface area contributed by atoms with E-state index in [1.54, 1.807) is 22.2 Å². The zero-order valence-electron chi connectivity index (χ0n) is 30.2. The molecule has 0 atom stereocenters. The lowest BCUT2D eigenvalue weighted by molar-refractivity contribution is -0.166. The SMILES string of the molecule is CCCCCN(C(=O)CCN1CCC(OC(=O)Nc2ccccc2-c2ccccc2)CC1)N(Cc1ccc(O)cc1)C(=O)CCCN1CCCC1. The average molecular weight is 698 g/mol. The van der Waals surface area contributed by atoms with Crippen molar-refractivity contribution in [2.24, 2.45) is 0 Å². The first-order valence-corrected chi connectivity index (χ1v) is 18.8. The maximum absolute atomic E-state index is 13.9. The van der Waals surface area contributed by atoms with Crippen LogP contribution in [0.1, 0.15) is 76.7 Å². The summed E-state index contributed by atoms with van der Waals surface area (Å²) in [5, 5.41) is 16.1. The number of hydrogen-bond donors (Lipinski definition) is 2. The predicted octanol–water partition coefficient (Wildman–Crippen LogP) is 7.30. The fourth-order valence-electron chi connectivity index (χ4n) is 6.95. The molecule has 10 nitrogen and oxygen atoms in total. The molecular weight excluding hydrogens is 642 g/mol. The standard InChI is InChI=1S/C41H55N5O5/c1-2-3-9-28-45(46(32-33-18-20-35(47)21-19-33)39(48)17-12-27-43-25-10-11-26-43)40(49)24-31-44-29-22-36(23-30-44)51-41(50)42-38-16-8-7-15-37(38)34-13-5-4-6-14-34/h4-8,13-16,18-21,36,47H,2-3,9-12,17,22-32H2,1H3,(H,42,50). The number of anilines is 1. The maximum Gasteiger partial charge on any atom is 0.411 e. The molecule has 3 aromatic carbocycles. The quantitative estimate of drug-likeness (QED) is 0.120. The Morgan fingerprint density at radius 3 is 2.16 bits per heavy atom. The molecule has 2 fully saturated rings. The number of ether oxygens (including phenoxy) is 1. The number of nitrogens with one attached hydrogen (secondary N) is 1. The monoisotopic (exact) mass is 697 g/mol. The van der Waals surface area contributed by atoms with Crippen LogP contribution < -0.4 is 5.32 Å². The number of piperidine rings is 1. The lowest BCUT2D eigenvalue weighted by atomic mass is 10.0. The minimum absolute atomic E-state index is 0.0465. The Labute approximate surface area is 303 Å². The minimum Gasteiger partial charge on any atom is -0.508 e. The molecule has 0 bridgehead atoms. The minimum atomic E-state index is -0.464. The summed E-state index contributed by atoms with van der Waals surface area (Å²) < 4.78 is 5.82. The van der Waals surface area contributed by atoms with E-state index in [1.165, 1.54) is 12.8 Å². The van der Waals surface area contributed by atoms with Crippen LogP contribution in [0.3, 0.4) is 0 Å². The molecule has 0 radical (unpaired) electrons. The summed E-state index contributed by atoms with van der Waals surface area (Å²) in [4.78, 5) is 45.3. The van der Waals surface area contributed by atoms with Crippen molar-refractivity contribution in [3.05, 3.63) is 84.4 Å². The molecule has 2 heterocycles. The van der Waals surface area contributed by atoms with Gasteiger partial charge in [-0.25, -0.2) is 9.80 Å². The Hall–Kier alpha value is -4.41. The molecule has 2 aliphatic rings. The summed E-state index contributed by atoms with van der Waals surface area (Å²) in [7, 11) is 0. The van der Waals surface area contributed by atoms with Gasteiger partial charge in [0.25, 0.3) is 0 Å². The number of phenolic OH excluding ortho intramolecular Hbond substituents is 1. The summed E-state index contributed by atoms with van der Waals surface area (Å²) in [5.74, 6) is 0.0590. The number of rotatable bonds is 16. The highest BCUT2D eigenvalue weighted by molar-refractivity contribution is 5.91. The van der Waals surface area contributed by atoms with Crippen LogP contribution in [-0.4, -0.2) is 94.7 Å².